The van der Waals surface area contributed by atoms with E-state index >= 15 is 0 Å². The van der Waals surface area contributed by atoms with Crippen LogP contribution in [-0.4, -0.2) is 28.3 Å². The fourth-order valence-corrected chi connectivity index (χ4v) is 1.83. The van der Waals surface area contributed by atoms with Gasteiger partial charge in [0.2, 0.25) is 0 Å². The third-order valence-electron chi connectivity index (χ3n) is 1.87. The van der Waals surface area contributed by atoms with Crippen LogP contribution < -0.4 is 0 Å². The lowest BCUT2D eigenvalue weighted by atomic mass is 10.1. The normalized spacial score (nSPS) is 12.1. The zero-order chi connectivity index (χ0) is 10.6. The molecule has 0 fully saturated rings. The molecule has 0 heterocycles. The molecule has 0 amide bonds. The average molecular weight is 232 g/mol. The van der Waals surface area contributed by atoms with Gasteiger partial charge in [0.15, 0.2) is 0 Å². The number of unbranched alkanes of at least 4 members (excludes halogenated alkanes) is 5. The summed E-state index contributed by atoms with van der Waals surface area (Å²) >= 11 is 3.83. The first kappa shape index (κ1) is 14.1. The summed E-state index contributed by atoms with van der Waals surface area (Å²) in [5.41, 5.74) is 0. The van der Waals surface area contributed by atoms with E-state index in [2.05, 4.69) is 28.8 Å². The van der Waals surface area contributed by atoms with E-state index in [1.807, 2.05) is 0 Å². The van der Waals surface area contributed by atoms with Crippen molar-refractivity contribution in [1.82, 2.24) is 0 Å². The standard InChI is InChI=1S/C10H18NOS2/c1-14(12)9-7-5-3-2-4-6-8-11-10-13/h6H,2-5,7-9H2,1H3. The van der Waals surface area contributed by atoms with Crippen LogP contribution in [0.5, 0.6) is 0 Å². The van der Waals surface area contributed by atoms with E-state index in [4.69, 9.17) is 0 Å². The molecule has 1 unspecified atom stereocenters. The Kier molecular flexibility index (Phi) is 11.3. The summed E-state index contributed by atoms with van der Waals surface area (Å²) in [4.78, 5) is 3.80. The first-order valence-electron chi connectivity index (χ1n) is 4.92. The van der Waals surface area contributed by atoms with Crippen LogP contribution in [0.25, 0.3) is 0 Å². The minimum absolute atomic E-state index is 0.620. The minimum Gasteiger partial charge on any atom is -0.617 e. The van der Waals surface area contributed by atoms with Crippen molar-refractivity contribution < 1.29 is 4.55 Å². The maximum atomic E-state index is 10.7. The number of aliphatic imine (C=N–C) groups is 1. The van der Waals surface area contributed by atoms with Gasteiger partial charge < -0.3 is 4.55 Å². The third-order valence-corrected chi connectivity index (χ3v) is 2.87. The Hall–Kier alpha value is 0.110. The van der Waals surface area contributed by atoms with Crippen molar-refractivity contribution in [3.05, 3.63) is 6.42 Å². The maximum Gasteiger partial charge on any atom is 0.105 e. The van der Waals surface area contributed by atoms with E-state index in [1.54, 1.807) is 6.26 Å². The van der Waals surface area contributed by atoms with Gasteiger partial charge in [-0.15, -0.1) is 0 Å². The van der Waals surface area contributed by atoms with Crippen LogP contribution in [0.3, 0.4) is 0 Å². The largest absolute Gasteiger partial charge is 0.617 e. The molecule has 0 bridgehead atoms. The third kappa shape index (κ3) is 12.1. The van der Waals surface area contributed by atoms with Crippen LogP contribution in [0.2, 0.25) is 0 Å². The summed E-state index contributed by atoms with van der Waals surface area (Å²) in [5.74, 6) is 0.846. The number of rotatable bonds is 9. The lowest BCUT2D eigenvalue weighted by Crippen LogP contribution is -2.02. The quantitative estimate of drug-likeness (QED) is 0.265. The van der Waals surface area contributed by atoms with E-state index < -0.39 is 11.2 Å². The fourth-order valence-electron chi connectivity index (χ4n) is 1.14. The van der Waals surface area contributed by atoms with Crippen molar-refractivity contribution in [3.63, 3.8) is 0 Å². The highest BCUT2D eigenvalue weighted by molar-refractivity contribution is 7.90. The molecule has 0 saturated carbocycles. The van der Waals surface area contributed by atoms with Crippen molar-refractivity contribution in [2.24, 2.45) is 4.99 Å². The molecule has 0 aromatic heterocycles. The molecule has 0 aliphatic carbocycles. The monoisotopic (exact) mass is 232 g/mol. The van der Waals surface area contributed by atoms with Crippen molar-refractivity contribution in [2.75, 3.05) is 18.6 Å². The maximum absolute atomic E-state index is 10.7. The minimum atomic E-state index is -0.620. The van der Waals surface area contributed by atoms with Gasteiger partial charge in [0, 0.05) is 0 Å². The highest BCUT2D eigenvalue weighted by Gasteiger charge is 1.96. The SMILES string of the molecule is C[S+]([O-])CCCCCC[CH]CN=C=S. The van der Waals surface area contributed by atoms with Crippen molar-refractivity contribution in [3.8, 4) is 0 Å². The van der Waals surface area contributed by atoms with Gasteiger partial charge in [-0.25, -0.2) is 4.99 Å². The van der Waals surface area contributed by atoms with Gasteiger partial charge in [-0.3, -0.25) is 0 Å². The second kappa shape index (κ2) is 11.2. The van der Waals surface area contributed by atoms with Crippen molar-refractivity contribution >= 4 is 28.6 Å². The van der Waals surface area contributed by atoms with Crippen LogP contribution in [0.15, 0.2) is 4.99 Å². The molecule has 1 atom stereocenters. The Bertz CT molecular complexity index is 168. The lowest BCUT2D eigenvalue weighted by molar-refractivity contribution is 0.591. The summed E-state index contributed by atoms with van der Waals surface area (Å²) in [7, 11) is 0. The molecule has 0 aromatic rings. The summed E-state index contributed by atoms with van der Waals surface area (Å²) in [6, 6.07) is 0. The molecular weight excluding hydrogens is 214 g/mol. The zero-order valence-electron chi connectivity index (χ0n) is 8.70. The van der Waals surface area contributed by atoms with Gasteiger partial charge in [0.05, 0.1) is 18.0 Å². The smallest absolute Gasteiger partial charge is 0.105 e. The van der Waals surface area contributed by atoms with E-state index in [9.17, 15) is 4.55 Å². The van der Waals surface area contributed by atoms with Gasteiger partial charge in [-0.2, -0.15) is 0 Å². The first-order valence-corrected chi connectivity index (χ1v) is 7.06. The summed E-state index contributed by atoms with van der Waals surface area (Å²) in [6.45, 7) is 0.697. The van der Waals surface area contributed by atoms with E-state index in [0.29, 0.717) is 6.54 Å². The van der Waals surface area contributed by atoms with Gasteiger partial charge in [-0.1, -0.05) is 24.0 Å². The molecule has 2 nitrogen and oxygen atoms in total. The Labute approximate surface area is 95.4 Å². The van der Waals surface area contributed by atoms with E-state index in [0.717, 1.165) is 18.6 Å². The Morgan fingerprint density at radius 3 is 2.71 bits per heavy atom. The number of hydrogen-bond acceptors (Lipinski definition) is 3. The zero-order valence-corrected chi connectivity index (χ0v) is 10.3. The van der Waals surface area contributed by atoms with Crippen molar-refractivity contribution in [2.45, 2.75) is 32.1 Å². The highest BCUT2D eigenvalue weighted by Crippen LogP contribution is 2.05. The number of thiocarbonyl (C=S) groups is 1. The summed E-state index contributed by atoms with van der Waals surface area (Å²) < 4.78 is 10.7. The molecule has 1 radical (unpaired) electrons. The highest BCUT2D eigenvalue weighted by atomic mass is 32.2. The lowest BCUT2D eigenvalue weighted by Gasteiger charge is -2.03. The molecule has 0 rings (SSSR count). The van der Waals surface area contributed by atoms with Gasteiger partial charge in [0.25, 0.3) is 0 Å². The van der Waals surface area contributed by atoms with E-state index in [-0.39, 0.29) is 0 Å². The average Bonchev–Trinajstić information content (AvgIpc) is 2.15. The summed E-state index contributed by atoms with van der Waals surface area (Å²) in [6.07, 6.45) is 9.66. The molecule has 4 heteroatoms. The Morgan fingerprint density at radius 2 is 2.07 bits per heavy atom. The Balaban J connectivity index is 2.95. The topological polar surface area (TPSA) is 35.4 Å². The number of hydrogen-bond donors (Lipinski definition) is 0. The molecular formula is C10H18NOS2. The second-order valence-corrected chi connectivity index (χ2v) is 4.94. The molecule has 14 heavy (non-hydrogen) atoms. The molecule has 81 valence electrons. The second-order valence-electron chi connectivity index (χ2n) is 3.20. The van der Waals surface area contributed by atoms with E-state index in [1.165, 1.54) is 19.3 Å². The van der Waals surface area contributed by atoms with Gasteiger partial charge in [0.1, 0.15) is 5.75 Å². The van der Waals surface area contributed by atoms with Crippen LogP contribution in [0.1, 0.15) is 32.1 Å². The number of isothiocyanates is 1. The molecule has 0 spiro atoms. The Morgan fingerprint density at radius 1 is 1.36 bits per heavy atom. The van der Waals surface area contributed by atoms with Gasteiger partial charge in [-0.05, 0) is 37.9 Å². The van der Waals surface area contributed by atoms with Crippen LogP contribution in [-0.2, 0) is 11.2 Å². The predicted molar refractivity (Wildman–Crippen MR) is 66.2 cm³/mol. The summed E-state index contributed by atoms with van der Waals surface area (Å²) in [5, 5.41) is 2.33. The molecule has 0 aliphatic rings. The van der Waals surface area contributed by atoms with Gasteiger partial charge >= 0.3 is 0 Å². The molecule has 0 aliphatic heterocycles. The predicted octanol–water partition coefficient (Wildman–Crippen LogP) is 2.62. The molecule has 0 saturated heterocycles. The number of nitrogens with zero attached hydrogens (tertiary/aromatic N) is 1. The van der Waals surface area contributed by atoms with Crippen LogP contribution in [0, 0.1) is 6.42 Å². The van der Waals surface area contributed by atoms with Crippen LogP contribution >= 0.6 is 12.2 Å². The first-order chi connectivity index (χ1) is 6.77. The van der Waals surface area contributed by atoms with Crippen molar-refractivity contribution in [1.29, 1.82) is 0 Å². The molecule has 0 N–H and O–H groups in total. The van der Waals surface area contributed by atoms with Crippen LogP contribution in [0.4, 0.5) is 0 Å². The molecule has 0 aromatic carbocycles. The fraction of sp³-hybridized carbons (Fsp3) is 0.800.